The van der Waals surface area contributed by atoms with Crippen molar-refractivity contribution in [3.05, 3.63) is 58.6 Å². The summed E-state index contributed by atoms with van der Waals surface area (Å²) >= 11 is 5.98. The van der Waals surface area contributed by atoms with Gasteiger partial charge in [-0.2, -0.15) is 0 Å². The van der Waals surface area contributed by atoms with Gasteiger partial charge in [-0.3, -0.25) is 9.59 Å². The maximum absolute atomic E-state index is 12.7. The average molecular weight is 392 g/mol. The van der Waals surface area contributed by atoms with E-state index in [9.17, 15) is 14.7 Å². The minimum atomic E-state index is -0.923. The van der Waals surface area contributed by atoms with Crippen molar-refractivity contribution in [1.29, 1.82) is 0 Å². The van der Waals surface area contributed by atoms with E-state index in [1.165, 1.54) is 12.1 Å². The fraction of sp³-hybridized carbons (Fsp3) is 0.300. The van der Waals surface area contributed by atoms with Crippen LogP contribution in [0.25, 0.3) is 0 Å². The number of ether oxygens (including phenoxy) is 1. The van der Waals surface area contributed by atoms with E-state index in [1.807, 2.05) is 30.3 Å². The molecule has 1 unspecified atom stereocenters. The molecule has 0 aromatic heterocycles. The molecule has 0 aliphatic carbocycles. The second-order valence-corrected chi connectivity index (χ2v) is 6.44. The average Bonchev–Trinajstić information content (AvgIpc) is 2.64. The summed E-state index contributed by atoms with van der Waals surface area (Å²) in [6.45, 7) is 2.06. The monoisotopic (exact) mass is 391 g/mol. The van der Waals surface area contributed by atoms with E-state index in [0.29, 0.717) is 19.4 Å². The number of aromatic hydroxyl groups is 1. The quantitative estimate of drug-likeness (QED) is 0.606. The van der Waals surface area contributed by atoms with E-state index >= 15 is 0 Å². The van der Waals surface area contributed by atoms with Gasteiger partial charge in [0, 0.05) is 18.0 Å². The predicted molar refractivity (Wildman–Crippen MR) is 103 cm³/mol. The van der Waals surface area contributed by atoms with E-state index < -0.39 is 11.9 Å². The van der Waals surface area contributed by atoms with Crippen LogP contribution in [-0.2, 0) is 11.2 Å². The Morgan fingerprint density at radius 2 is 1.93 bits per heavy atom. The van der Waals surface area contributed by atoms with E-state index in [1.54, 1.807) is 6.92 Å². The number of carbonyl (C=O) groups is 2. The number of amides is 1. The lowest BCUT2D eigenvalue weighted by Gasteiger charge is -2.19. The van der Waals surface area contributed by atoms with E-state index in [4.69, 9.17) is 21.4 Å². The number of nitrogens with one attached hydrogen (secondary N) is 1. The topological polar surface area (TPSA) is 95.9 Å². The van der Waals surface area contributed by atoms with E-state index in [0.717, 1.165) is 5.56 Å². The summed E-state index contributed by atoms with van der Waals surface area (Å²) in [6.07, 6.45) is 0.738. The first-order valence-electron chi connectivity index (χ1n) is 8.62. The number of aliphatic carboxylic acids is 1. The van der Waals surface area contributed by atoms with Gasteiger partial charge in [0.05, 0.1) is 11.6 Å². The van der Waals surface area contributed by atoms with Gasteiger partial charge in [0.1, 0.15) is 0 Å². The molecule has 0 saturated heterocycles. The predicted octanol–water partition coefficient (Wildman–Crippen LogP) is 3.65. The molecule has 2 aromatic rings. The minimum absolute atomic E-state index is 0.0104. The van der Waals surface area contributed by atoms with E-state index in [-0.39, 0.29) is 34.5 Å². The number of phenols is 1. The summed E-state index contributed by atoms with van der Waals surface area (Å²) < 4.78 is 5.30. The molecular weight excluding hydrogens is 370 g/mol. The Balaban J connectivity index is 2.17. The third-order valence-corrected chi connectivity index (χ3v) is 4.25. The van der Waals surface area contributed by atoms with E-state index in [2.05, 4.69) is 5.32 Å². The highest BCUT2D eigenvalue weighted by Crippen LogP contribution is 2.35. The maximum atomic E-state index is 12.7. The van der Waals surface area contributed by atoms with Crippen LogP contribution < -0.4 is 10.1 Å². The SMILES string of the molecule is CCOc1cc(C(=O)NC(CCC(=O)O)Cc2ccccc2)cc(Cl)c1O. The number of rotatable bonds is 9. The Morgan fingerprint density at radius 1 is 1.22 bits per heavy atom. The van der Waals surface area contributed by atoms with Crippen LogP contribution in [0.5, 0.6) is 11.5 Å². The number of halogens is 1. The van der Waals surface area contributed by atoms with Crippen molar-refractivity contribution < 1.29 is 24.5 Å². The van der Waals surface area contributed by atoms with Crippen LogP contribution in [0.2, 0.25) is 5.02 Å². The summed E-state index contributed by atoms with van der Waals surface area (Å²) in [5.41, 5.74) is 1.22. The van der Waals surface area contributed by atoms with Crippen LogP contribution in [0.4, 0.5) is 0 Å². The molecule has 0 heterocycles. The zero-order chi connectivity index (χ0) is 19.8. The number of hydrogen-bond donors (Lipinski definition) is 3. The highest BCUT2D eigenvalue weighted by Gasteiger charge is 2.19. The number of hydrogen-bond acceptors (Lipinski definition) is 4. The Kier molecular flexibility index (Phi) is 7.49. The Bertz CT molecular complexity index is 794. The van der Waals surface area contributed by atoms with Crippen LogP contribution in [0.3, 0.4) is 0 Å². The standard InChI is InChI=1S/C20H22ClNO5/c1-2-27-17-12-14(11-16(21)19(17)25)20(26)22-15(8-9-18(23)24)10-13-6-4-3-5-7-13/h3-7,11-12,15,25H,2,8-10H2,1H3,(H,22,26)(H,23,24). The van der Waals surface area contributed by atoms with Gasteiger partial charge in [-0.15, -0.1) is 0 Å². The summed E-state index contributed by atoms with van der Waals surface area (Å²) in [5.74, 6) is -1.43. The molecular formula is C20H22ClNO5. The van der Waals surface area contributed by atoms with Crippen LogP contribution in [0.1, 0.15) is 35.7 Å². The molecule has 1 amide bonds. The molecule has 2 rings (SSSR count). The van der Waals surface area contributed by atoms with Gasteiger partial charge in [-0.1, -0.05) is 41.9 Å². The fourth-order valence-electron chi connectivity index (χ4n) is 2.66. The normalized spacial score (nSPS) is 11.6. The van der Waals surface area contributed by atoms with Gasteiger partial charge in [0.15, 0.2) is 11.5 Å². The highest BCUT2D eigenvalue weighted by molar-refractivity contribution is 6.32. The third-order valence-electron chi connectivity index (χ3n) is 3.96. The molecule has 6 nitrogen and oxygen atoms in total. The van der Waals surface area contributed by atoms with Crippen molar-refractivity contribution in [2.45, 2.75) is 32.2 Å². The second-order valence-electron chi connectivity index (χ2n) is 6.03. The number of phenolic OH excluding ortho intramolecular Hbond substituents is 1. The molecule has 7 heteroatoms. The molecule has 0 aliphatic rings. The highest BCUT2D eigenvalue weighted by atomic mass is 35.5. The molecule has 1 atom stereocenters. The summed E-state index contributed by atoms with van der Waals surface area (Å²) in [4.78, 5) is 23.6. The second kappa shape index (κ2) is 9.83. The fourth-order valence-corrected chi connectivity index (χ4v) is 2.87. The zero-order valence-electron chi connectivity index (χ0n) is 14.9. The van der Waals surface area contributed by atoms with Crippen LogP contribution >= 0.6 is 11.6 Å². The molecule has 0 bridgehead atoms. The molecule has 0 saturated carbocycles. The Labute approximate surface area is 162 Å². The van der Waals surface area contributed by atoms with Crippen molar-refractivity contribution in [2.24, 2.45) is 0 Å². The molecule has 27 heavy (non-hydrogen) atoms. The summed E-state index contributed by atoms with van der Waals surface area (Å²) in [6, 6.07) is 11.9. The van der Waals surface area contributed by atoms with Gasteiger partial charge in [0.25, 0.3) is 5.91 Å². The number of benzene rings is 2. The van der Waals surface area contributed by atoms with Crippen molar-refractivity contribution in [3.8, 4) is 11.5 Å². The molecule has 0 aliphatic heterocycles. The van der Waals surface area contributed by atoms with Gasteiger partial charge in [-0.05, 0) is 37.5 Å². The molecule has 0 fully saturated rings. The first-order chi connectivity index (χ1) is 12.9. The first-order valence-corrected chi connectivity index (χ1v) is 9.00. The molecule has 0 spiro atoms. The zero-order valence-corrected chi connectivity index (χ0v) is 15.7. The maximum Gasteiger partial charge on any atom is 0.303 e. The largest absolute Gasteiger partial charge is 0.503 e. The number of carbonyl (C=O) groups excluding carboxylic acids is 1. The first kappa shape index (κ1) is 20.6. The molecule has 3 N–H and O–H groups in total. The van der Waals surface area contributed by atoms with Gasteiger partial charge in [0.2, 0.25) is 0 Å². The lowest BCUT2D eigenvalue weighted by Crippen LogP contribution is -2.37. The van der Waals surface area contributed by atoms with Gasteiger partial charge in [-0.25, -0.2) is 0 Å². The Morgan fingerprint density at radius 3 is 2.56 bits per heavy atom. The minimum Gasteiger partial charge on any atom is -0.503 e. The summed E-state index contributed by atoms with van der Waals surface area (Å²) in [5, 5.41) is 21.7. The van der Waals surface area contributed by atoms with Crippen LogP contribution in [-0.4, -0.2) is 34.7 Å². The van der Waals surface area contributed by atoms with Crippen molar-refractivity contribution in [1.82, 2.24) is 5.32 Å². The molecule has 144 valence electrons. The van der Waals surface area contributed by atoms with Crippen LogP contribution in [0, 0.1) is 0 Å². The Hall–Kier alpha value is -2.73. The lowest BCUT2D eigenvalue weighted by molar-refractivity contribution is -0.137. The van der Waals surface area contributed by atoms with Crippen LogP contribution in [0.15, 0.2) is 42.5 Å². The molecule has 0 radical (unpaired) electrons. The summed E-state index contributed by atoms with van der Waals surface area (Å²) in [7, 11) is 0. The van der Waals surface area contributed by atoms with Crippen molar-refractivity contribution >= 4 is 23.5 Å². The van der Waals surface area contributed by atoms with Crippen molar-refractivity contribution in [3.63, 3.8) is 0 Å². The number of carboxylic acid groups (broad SMARTS) is 1. The number of carboxylic acids is 1. The smallest absolute Gasteiger partial charge is 0.303 e. The lowest BCUT2D eigenvalue weighted by atomic mass is 10.0. The van der Waals surface area contributed by atoms with Gasteiger partial charge >= 0.3 is 5.97 Å². The third kappa shape index (κ3) is 6.18. The van der Waals surface area contributed by atoms with Crippen molar-refractivity contribution in [2.75, 3.05) is 6.61 Å². The molecule has 2 aromatic carbocycles. The van der Waals surface area contributed by atoms with Gasteiger partial charge < -0.3 is 20.3 Å².